The smallest absolute Gasteiger partial charge is 0.137 e. The SMILES string of the molecule is c1ccc2c(c1)c1ccccc1n2-c1ccc2c(c1)c1ccccc1n2-c1ccc(-n2c3ccccc3c3ccccc32)nc1. The zero-order chi connectivity index (χ0) is 29.5. The second-order valence-electron chi connectivity index (χ2n) is 11.7. The molecule has 0 saturated carbocycles. The second kappa shape index (κ2) is 9.18. The molecular formula is C41H26N4. The van der Waals surface area contributed by atoms with Gasteiger partial charge in [0.15, 0.2) is 0 Å². The maximum absolute atomic E-state index is 5.06. The summed E-state index contributed by atoms with van der Waals surface area (Å²) in [5.74, 6) is 0.908. The molecule has 4 aromatic heterocycles. The number of aromatic nitrogens is 4. The molecule has 210 valence electrons. The molecule has 0 amide bonds. The lowest BCUT2D eigenvalue weighted by Crippen LogP contribution is -2.00. The van der Waals surface area contributed by atoms with Crippen molar-refractivity contribution < 1.29 is 0 Å². The molecule has 0 aliphatic carbocycles. The Bertz CT molecular complexity index is 2650. The van der Waals surface area contributed by atoms with E-state index in [1.807, 2.05) is 6.20 Å². The number of hydrogen-bond donors (Lipinski definition) is 0. The first-order valence-corrected chi connectivity index (χ1v) is 15.3. The highest BCUT2D eigenvalue weighted by molar-refractivity contribution is 6.12. The molecule has 0 bridgehead atoms. The van der Waals surface area contributed by atoms with Gasteiger partial charge in [0.25, 0.3) is 0 Å². The number of pyridine rings is 1. The number of para-hydroxylation sites is 5. The number of nitrogens with zero attached hydrogens (tertiary/aromatic N) is 4. The second-order valence-corrected chi connectivity index (χ2v) is 11.7. The molecule has 4 heteroatoms. The average molecular weight is 575 g/mol. The lowest BCUT2D eigenvalue weighted by atomic mass is 10.1. The van der Waals surface area contributed by atoms with E-state index in [1.54, 1.807) is 0 Å². The maximum atomic E-state index is 5.06. The van der Waals surface area contributed by atoms with E-state index in [0.717, 1.165) is 33.7 Å². The molecular weight excluding hydrogens is 548 g/mol. The van der Waals surface area contributed by atoms with Crippen LogP contribution in [0.25, 0.3) is 82.6 Å². The average Bonchev–Trinajstić information content (AvgIpc) is 3.74. The highest BCUT2D eigenvalue weighted by Crippen LogP contribution is 2.37. The third-order valence-electron chi connectivity index (χ3n) is 9.29. The summed E-state index contributed by atoms with van der Waals surface area (Å²) in [6.07, 6.45) is 2.01. The van der Waals surface area contributed by atoms with Crippen LogP contribution < -0.4 is 0 Å². The first-order valence-electron chi connectivity index (χ1n) is 15.3. The van der Waals surface area contributed by atoms with Gasteiger partial charge in [-0.1, -0.05) is 91.0 Å². The summed E-state index contributed by atoms with van der Waals surface area (Å²) >= 11 is 0. The fraction of sp³-hybridized carbons (Fsp3) is 0. The van der Waals surface area contributed by atoms with Crippen LogP contribution in [-0.2, 0) is 0 Å². The van der Waals surface area contributed by atoms with Gasteiger partial charge in [-0.25, -0.2) is 4.98 Å². The lowest BCUT2D eigenvalue weighted by Gasteiger charge is -2.11. The Kier molecular flexibility index (Phi) is 4.96. The van der Waals surface area contributed by atoms with Gasteiger partial charge >= 0.3 is 0 Å². The fourth-order valence-electron chi connectivity index (χ4n) is 7.39. The van der Waals surface area contributed by atoms with Crippen molar-refractivity contribution in [1.29, 1.82) is 0 Å². The van der Waals surface area contributed by atoms with Crippen LogP contribution in [0.5, 0.6) is 0 Å². The van der Waals surface area contributed by atoms with E-state index in [4.69, 9.17) is 4.98 Å². The van der Waals surface area contributed by atoms with Crippen LogP contribution in [0.3, 0.4) is 0 Å². The van der Waals surface area contributed by atoms with Crippen molar-refractivity contribution in [3.8, 4) is 17.2 Å². The Hall–Kier alpha value is -6.13. The summed E-state index contributed by atoms with van der Waals surface area (Å²) in [6.45, 7) is 0. The summed E-state index contributed by atoms with van der Waals surface area (Å²) in [4.78, 5) is 5.06. The molecule has 0 fully saturated rings. The Morgan fingerprint density at radius 1 is 0.311 bits per heavy atom. The summed E-state index contributed by atoms with van der Waals surface area (Å²) < 4.78 is 6.99. The first kappa shape index (κ1) is 24.3. The van der Waals surface area contributed by atoms with Crippen molar-refractivity contribution in [1.82, 2.24) is 18.7 Å². The van der Waals surface area contributed by atoms with Gasteiger partial charge in [-0.15, -0.1) is 0 Å². The van der Waals surface area contributed by atoms with Crippen LogP contribution in [0.15, 0.2) is 158 Å². The van der Waals surface area contributed by atoms with E-state index in [0.29, 0.717) is 0 Å². The molecule has 0 aliphatic heterocycles. The third-order valence-corrected chi connectivity index (χ3v) is 9.29. The Morgan fingerprint density at radius 2 is 0.689 bits per heavy atom. The predicted molar refractivity (Wildman–Crippen MR) is 187 cm³/mol. The van der Waals surface area contributed by atoms with Crippen molar-refractivity contribution in [2.75, 3.05) is 0 Å². The Morgan fingerprint density at radius 3 is 1.16 bits per heavy atom. The molecule has 0 spiro atoms. The molecule has 4 nitrogen and oxygen atoms in total. The lowest BCUT2D eigenvalue weighted by molar-refractivity contribution is 1.05. The van der Waals surface area contributed by atoms with Crippen LogP contribution in [0.1, 0.15) is 0 Å². The van der Waals surface area contributed by atoms with Gasteiger partial charge in [0.2, 0.25) is 0 Å². The van der Waals surface area contributed by atoms with Gasteiger partial charge in [0.1, 0.15) is 5.82 Å². The highest BCUT2D eigenvalue weighted by atomic mass is 15.1. The molecule has 6 aromatic carbocycles. The molecule has 45 heavy (non-hydrogen) atoms. The molecule has 0 unspecified atom stereocenters. The minimum atomic E-state index is 0.908. The van der Waals surface area contributed by atoms with Crippen LogP contribution >= 0.6 is 0 Å². The quantitative estimate of drug-likeness (QED) is 0.206. The van der Waals surface area contributed by atoms with Crippen molar-refractivity contribution in [2.45, 2.75) is 0 Å². The molecule has 10 rings (SSSR count). The van der Waals surface area contributed by atoms with Crippen LogP contribution in [-0.4, -0.2) is 18.7 Å². The number of rotatable bonds is 3. The van der Waals surface area contributed by atoms with Gasteiger partial charge < -0.3 is 9.13 Å². The van der Waals surface area contributed by atoms with E-state index in [2.05, 4.69) is 165 Å². The van der Waals surface area contributed by atoms with Crippen molar-refractivity contribution in [3.05, 3.63) is 158 Å². The van der Waals surface area contributed by atoms with Gasteiger partial charge in [0, 0.05) is 38.0 Å². The van der Waals surface area contributed by atoms with E-state index in [-0.39, 0.29) is 0 Å². The maximum Gasteiger partial charge on any atom is 0.137 e. The zero-order valence-corrected chi connectivity index (χ0v) is 24.3. The van der Waals surface area contributed by atoms with Crippen LogP contribution in [0.2, 0.25) is 0 Å². The monoisotopic (exact) mass is 574 g/mol. The standard InChI is InChI=1S/C41H26N4/c1-6-16-35-29(11-1)30-12-2-7-17-36(30)43(35)27-21-23-40-34(25-27)33-15-5-8-18-37(33)44(40)28-22-24-41(42-26-28)45-38-19-9-3-13-31(38)32-14-4-10-20-39(32)45/h1-26H. The molecule has 0 N–H and O–H groups in total. The summed E-state index contributed by atoms with van der Waals surface area (Å²) in [6, 6.07) is 54.3. The van der Waals surface area contributed by atoms with Crippen LogP contribution in [0, 0.1) is 0 Å². The summed E-state index contributed by atoms with van der Waals surface area (Å²) in [5.41, 5.74) is 9.27. The minimum absolute atomic E-state index is 0.908. The van der Waals surface area contributed by atoms with E-state index in [1.165, 1.54) is 48.9 Å². The number of benzene rings is 6. The molecule has 10 aromatic rings. The van der Waals surface area contributed by atoms with E-state index >= 15 is 0 Å². The van der Waals surface area contributed by atoms with E-state index in [9.17, 15) is 0 Å². The molecule has 0 radical (unpaired) electrons. The zero-order valence-electron chi connectivity index (χ0n) is 24.3. The first-order chi connectivity index (χ1) is 22.3. The number of fused-ring (bicyclic) bond motifs is 9. The third kappa shape index (κ3) is 3.39. The van der Waals surface area contributed by atoms with Gasteiger partial charge in [-0.05, 0) is 60.7 Å². The fourth-order valence-corrected chi connectivity index (χ4v) is 7.39. The van der Waals surface area contributed by atoms with E-state index < -0.39 is 0 Å². The summed E-state index contributed by atoms with van der Waals surface area (Å²) in [7, 11) is 0. The Balaban J connectivity index is 1.17. The highest BCUT2D eigenvalue weighted by Gasteiger charge is 2.17. The molecule has 0 atom stereocenters. The molecule has 0 saturated heterocycles. The van der Waals surface area contributed by atoms with Gasteiger partial charge in [-0.2, -0.15) is 0 Å². The normalized spacial score (nSPS) is 12.0. The summed E-state index contributed by atoms with van der Waals surface area (Å²) in [5, 5.41) is 7.45. The van der Waals surface area contributed by atoms with Crippen molar-refractivity contribution >= 4 is 65.4 Å². The van der Waals surface area contributed by atoms with Gasteiger partial charge in [0.05, 0.1) is 45.0 Å². The van der Waals surface area contributed by atoms with Crippen molar-refractivity contribution in [3.63, 3.8) is 0 Å². The van der Waals surface area contributed by atoms with Crippen molar-refractivity contribution in [2.24, 2.45) is 0 Å². The molecule has 4 heterocycles. The largest absolute Gasteiger partial charge is 0.309 e. The predicted octanol–water partition coefficient (Wildman–Crippen LogP) is 10.4. The van der Waals surface area contributed by atoms with Crippen LogP contribution in [0.4, 0.5) is 0 Å². The number of hydrogen-bond acceptors (Lipinski definition) is 1. The molecule has 0 aliphatic rings. The minimum Gasteiger partial charge on any atom is -0.309 e. The van der Waals surface area contributed by atoms with Gasteiger partial charge in [-0.3, -0.25) is 4.57 Å². The topological polar surface area (TPSA) is 27.7 Å². The Labute approximate surface area is 258 Å².